The van der Waals surface area contributed by atoms with Crippen molar-refractivity contribution in [2.24, 2.45) is 11.8 Å². The van der Waals surface area contributed by atoms with Gasteiger partial charge in [0.2, 0.25) is 11.8 Å². The predicted octanol–water partition coefficient (Wildman–Crippen LogP) is 2.38. The van der Waals surface area contributed by atoms with Crippen LogP contribution in [0, 0.1) is 11.8 Å². The molecule has 0 spiro atoms. The van der Waals surface area contributed by atoms with E-state index in [2.05, 4.69) is 39.2 Å². The molecule has 6 heteroatoms. The normalized spacial score (nSPS) is 39.0. The lowest BCUT2D eigenvalue weighted by molar-refractivity contribution is -0.133. The second kappa shape index (κ2) is 4.77. The quantitative estimate of drug-likeness (QED) is 0.486. The number of nitrogens with one attached hydrogen (secondary N) is 1. The van der Waals surface area contributed by atoms with E-state index >= 15 is 0 Å². The van der Waals surface area contributed by atoms with E-state index in [1.54, 1.807) is 0 Å². The van der Waals surface area contributed by atoms with Gasteiger partial charge in [0.1, 0.15) is 5.60 Å². The van der Waals surface area contributed by atoms with Gasteiger partial charge in [-0.2, -0.15) is 0 Å². The van der Waals surface area contributed by atoms with Crippen LogP contribution in [-0.2, 0) is 18.8 Å². The maximum Gasteiger partial charge on any atom is 0.233 e. The minimum Gasteiger partial charge on any atom is -0.417 e. The summed E-state index contributed by atoms with van der Waals surface area (Å²) in [7, 11) is -1.84. The Morgan fingerprint density at radius 3 is 2.43 bits per heavy atom. The summed E-state index contributed by atoms with van der Waals surface area (Å²) in [5.74, 6) is -1.25. The highest BCUT2D eigenvalue weighted by atomic mass is 28.4. The maximum atomic E-state index is 12.2. The third-order valence-corrected chi connectivity index (χ3v) is 10.7. The van der Waals surface area contributed by atoms with E-state index in [1.807, 2.05) is 19.1 Å². The molecule has 1 N–H and O–H groups in total. The largest absolute Gasteiger partial charge is 0.417 e. The van der Waals surface area contributed by atoms with E-state index < -0.39 is 31.4 Å². The minimum absolute atomic E-state index is 0.143. The molecule has 3 rings (SSSR count). The van der Waals surface area contributed by atoms with E-state index in [0.29, 0.717) is 13.0 Å². The molecule has 0 aromatic carbocycles. The topological polar surface area (TPSA) is 64.6 Å². The smallest absolute Gasteiger partial charge is 0.233 e. The third-order valence-electron chi connectivity index (χ3n) is 6.16. The zero-order valence-electron chi connectivity index (χ0n) is 14.9. The summed E-state index contributed by atoms with van der Waals surface area (Å²) in [6, 6.07) is 0. The Morgan fingerprint density at radius 2 is 1.83 bits per heavy atom. The Morgan fingerprint density at radius 1 is 1.22 bits per heavy atom. The lowest BCUT2D eigenvalue weighted by atomic mass is 9.71. The molecule has 2 unspecified atom stereocenters. The van der Waals surface area contributed by atoms with Crippen molar-refractivity contribution in [2.75, 3.05) is 6.61 Å². The Bertz CT molecular complexity index is 594. The van der Waals surface area contributed by atoms with Crippen LogP contribution in [0.4, 0.5) is 0 Å². The van der Waals surface area contributed by atoms with E-state index in [-0.39, 0.29) is 16.9 Å². The summed E-state index contributed by atoms with van der Waals surface area (Å²) in [5, 5.41) is 2.61. The Balaban J connectivity index is 1.75. The molecule has 3 aliphatic heterocycles. The molecular weight excluding hydrogens is 310 g/mol. The fourth-order valence-corrected chi connectivity index (χ4v) is 4.81. The number of hydrogen-bond acceptors (Lipinski definition) is 4. The van der Waals surface area contributed by atoms with Crippen molar-refractivity contribution in [1.29, 1.82) is 0 Å². The molecule has 0 aromatic rings. The number of fused-ring (bicyclic) bond motifs is 5. The van der Waals surface area contributed by atoms with Gasteiger partial charge in [-0.15, -0.1) is 0 Å². The third kappa shape index (κ3) is 2.34. The van der Waals surface area contributed by atoms with Crippen LogP contribution in [0.25, 0.3) is 0 Å². The fraction of sp³-hybridized carbons (Fsp3) is 0.765. The molecule has 2 bridgehead atoms. The van der Waals surface area contributed by atoms with Gasteiger partial charge in [0.05, 0.1) is 17.4 Å². The molecule has 2 fully saturated rings. The number of imide groups is 1. The van der Waals surface area contributed by atoms with E-state index in [0.717, 1.165) is 0 Å². The van der Waals surface area contributed by atoms with E-state index in [1.165, 1.54) is 0 Å². The first-order valence-electron chi connectivity index (χ1n) is 8.31. The molecular formula is C17H27NO4Si. The molecule has 5 nitrogen and oxygen atoms in total. The van der Waals surface area contributed by atoms with Gasteiger partial charge < -0.3 is 9.16 Å². The highest BCUT2D eigenvalue weighted by Crippen LogP contribution is 2.56. The molecule has 0 aromatic heterocycles. The first-order valence-corrected chi connectivity index (χ1v) is 11.2. The van der Waals surface area contributed by atoms with Crippen LogP contribution in [0.2, 0.25) is 18.1 Å². The number of hydrogen-bond donors (Lipinski definition) is 1. The highest BCUT2D eigenvalue weighted by Gasteiger charge is 2.69. The van der Waals surface area contributed by atoms with Crippen LogP contribution in [-0.4, -0.2) is 37.9 Å². The fourth-order valence-electron chi connectivity index (χ4n) is 3.77. The lowest BCUT2D eigenvalue weighted by Crippen LogP contribution is -2.44. The molecule has 23 heavy (non-hydrogen) atoms. The Kier molecular flexibility index (Phi) is 3.50. The summed E-state index contributed by atoms with van der Waals surface area (Å²) in [6.45, 7) is 13.5. The van der Waals surface area contributed by atoms with Crippen molar-refractivity contribution < 1.29 is 18.8 Å². The summed E-state index contributed by atoms with van der Waals surface area (Å²) < 4.78 is 12.5. The van der Waals surface area contributed by atoms with Crippen molar-refractivity contribution in [3.63, 3.8) is 0 Å². The SMILES string of the molecule is CC12C=CC(CCO[Si](C)(C)C(C)(C)C)(O1)[C@@H]1C(=O)NC(=O)[C@@H]12. The number of rotatable bonds is 4. The van der Waals surface area contributed by atoms with Gasteiger partial charge in [-0.05, 0) is 25.1 Å². The van der Waals surface area contributed by atoms with Crippen molar-refractivity contribution >= 4 is 20.1 Å². The van der Waals surface area contributed by atoms with Crippen LogP contribution < -0.4 is 5.32 Å². The van der Waals surface area contributed by atoms with Crippen LogP contribution in [0.5, 0.6) is 0 Å². The maximum absolute atomic E-state index is 12.2. The average Bonchev–Trinajstić information content (AvgIpc) is 2.96. The van der Waals surface area contributed by atoms with Gasteiger partial charge in [0, 0.05) is 13.0 Å². The molecule has 128 valence electrons. The zero-order valence-corrected chi connectivity index (χ0v) is 15.9. The number of carbonyl (C=O) groups is 2. The van der Waals surface area contributed by atoms with Crippen LogP contribution in [0.3, 0.4) is 0 Å². The molecule has 3 heterocycles. The summed E-state index contributed by atoms with van der Waals surface area (Å²) in [5.41, 5.74) is -1.37. The molecule has 2 amide bonds. The number of carbonyl (C=O) groups excluding carboxylic acids is 2. The molecule has 0 radical (unpaired) electrons. The van der Waals surface area contributed by atoms with Gasteiger partial charge in [-0.3, -0.25) is 14.9 Å². The first kappa shape index (κ1) is 16.9. The molecule has 0 aliphatic carbocycles. The summed E-state index contributed by atoms with van der Waals surface area (Å²) in [6.07, 6.45) is 4.52. The van der Waals surface area contributed by atoms with Gasteiger partial charge in [0.15, 0.2) is 8.32 Å². The van der Waals surface area contributed by atoms with Crippen LogP contribution in [0.1, 0.15) is 34.1 Å². The van der Waals surface area contributed by atoms with Crippen molar-refractivity contribution in [3.8, 4) is 0 Å². The van der Waals surface area contributed by atoms with E-state index in [9.17, 15) is 9.59 Å². The average molecular weight is 337 g/mol. The standard InChI is InChI=1S/C17H27NO4Si/c1-15(2,3)23(5,6)21-10-9-17-8-7-16(4,22-17)11-12(17)14(20)18-13(11)19/h7-8,11-12H,9-10H2,1-6H3,(H,18,19,20)/t11-,12+,16?,17?/m1/s1. The number of ether oxygens (including phenoxy) is 1. The first-order chi connectivity index (χ1) is 10.4. The minimum atomic E-state index is -1.84. The van der Waals surface area contributed by atoms with Gasteiger partial charge in [0.25, 0.3) is 0 Å². The highest BCUT2D eigenvalue weighted by molar-refractivity contribution is 6.74. The summed E-state index contributed by atoms with van der Waals surface area (Å²) in [4.78, 5) is 24.3. The van der Waals surface area contributed by atoms with Crippen molar-refractivity contribution in [2.45, 2.75) is 63.5 Å². The lowest BCUT2D eigenvalue weighted by Gasteiger charge is -2.37. The second-order valence-electron chi connectivity index (χ2n) is 8.74. The van der Waals surface area contributed by atoms with Crippen molar-refractivity contribution in [3.05, 3.63) is 12.2 Å². The van der Waals surface area contributed by atoms with E-state index in [4.69, 9.17) is 9.16 Å². The molecule has 4 atom stereocenters. The monoisotopic (exact) mass is 337 g/mol. The van der Waals surface area contributed by atoms with Crippen molar-refractivity contribution in [1.82, 2.24) is 5.32 Å². The van der Waals surface area contributed by atoms with Crippen LogP contribution >= 0.6 is 0 Å². The Hall–Kier alpha value is -0.983. The predicted molar refractivity (Wildman–Crippen MR) is 89.3 cm³/mol. The van der Waals surface area contributed by atoms with Gasteiger partial charge in [-0.1, -0.05) is 32.9 Å². The van der Waals surface area contributed by atoms with Gasteiger partial charge in [-0.25, -0.2) is 0 Å². The zero-order chi connectivity index (χ0) is 17.3. The van der Waals surface area contributed by atoms with Crippen LogP contribution in [0.15, 0.2) is 12.2 Å². The second-order valence-corrected chi connectivity index (χ2v) is 13.6. The number of amides is 2. The Labute approximate surface area is 138 Å². The van der Waals surface area contributed by atoms with Gasteiger partial charge >= 0.3 is 0 Å². The molecule has 3 aliphatic rings. The summed E-state index contributed by atoms with van der Waals surface area (Å²) >= 11 is 0. The molecule has 0 saturated carbocycles. The molecule has 2 saturated heterocycles.